The van der Waals surface area contributed by atoms with Crippen molar-refractivity contribution in [1.82, 2.24) is 0 Å². The van der Waals surface area contributed by atoms with Crippen LogP contribution in [0.1, 0.15) is 26.2 Å². The normalized spacial score (nSPS) is 28.8. The average Bonchev–Trinajstić information content (AvgIpc) is 2.33. The van der Waals surface area contributed by atoms with Gasteiger partial charge in [-0.1, -0.05) is 6.92 Å². The number of hydrogen-bond donors (Lipinski definition) is 3. The molecule has 1 aliphatic carbocycles. The maximum atomic E-state index is 5.50. The molecular formula is C8H17N5. The highest BCUT2D eigenvalue weighted by molar-refractivity contribution is 5.92. The second-order valence-corrected chi connectivity index (χ2v) is 3.60. The maximum absolute atomic E-state index is 5.50. The van der Waals surface area contributed by atoms with Gasteiger partial charge in [-0.3, -0.25) is 0 Å². The summed E-state index contributed by atoms with van der Waals surface area (Å²) in [6, 6.07) is 0.304. The Morgan fingerprint density at radius 2 is 1.92 bits per heavy atom. The van der Waals surface area contributed by atoms with E-state index in [-0.39, 0.29) is 11.9 Å². The lowest BCUT2D eigenvalue weighted by molar-refractivity contribution is 0.594. The van der Waals surface area contributed by atoms with E-state index in [1.807, 2.05) is 0 Å². The fraction of sp³-hybridized carbons (Fsp3) is 0.750. The number of hydrogen-bond acceptors (Lipinski definition) is 1. The highest BCUT2D eigenvalue weighted by atomic mass is 15.1. The van der Waals surface area contributed by atoms with Crippen molar-refractivity contribution < 1.29 is 0 Å². The van der Waals surface area contributed by atoms with Crippen molar-refractivity contribution >= 4 is 11.9 Å². The number of rotatable bonds is 1. The van der Waals surface area contributed by atoms with Crippen LogP contribution < -0.4 is 17.2 Å². The third-order valence-electron chi connectivity index (χ3n) is 2.23. The van der Waals surface area contributed by atoms with Crippen molar-refractivity contribution in [3.63, 3.8) is 0 Å². The van der Waals surface area contributed by atoms with Gasteiger partial charge in [-0.05, 0) is 25.2 Å². The van der Waals surface area contributed by atoms with Gasteiger partial charge in [-0.15, -0.1) is 0 Å². The first-order chi connectivity index (χ1) is 6.08. The Kier molecular flexibility index (Phi) is 3.11. The molecule has 0 aliphatic heterocycles. The van der Waals surface area contributed by atoms with E-state index >= 15 is 0 Å². The molecule has 0 bridgehead atoms. The van der Waals surface area contributed by atoms with Crippen LogP contribution in [0.4, 0.5) is 0 Å². The molecule has 1 rings (SSSR count). The first kappa shape index (κ1) is 9.83. The summed E-state index contributed by atoms with van der Waals surface area (Å²) in [5, 5.41) is 0. The van der Waals surface area contributed by atoms with Crippen molar-refractivity contribution in [1.29, 1.82) is 0 Å². The Bertz CT molecular complexity index is 229. The molecule has 1 saturated carbocycles. The minimum atomic E-state index is -0.0349. The molecule has 0 heterocycles. The van der Waals surface area contributed by atoms with Crippen LogP contribution in [0.25, 0.3) is 0 Å². The van der Waals surface area contributed by atoms with Crippen LogP contribution in [-0.2, 0) is 0 Å². The summed E-state index contributed by atoms with van der Waals surface area (Å²) in [5.41, 5.74) is 15.8. The highest BCUT2D eigenvalue weighted by Gasteiger charge is 2.20. The molecule has 0 amide bonds. The zero-order valence-corrected chi connectivity index (χ0v) is 7.90. The van der Waals surface area contributed by atoms with Crippen molar-refractivity contribution in [2.45, 2.75) is 32.2 Å². The molecule has 2 unspecified atom stereocenters. The van der Waals surface area contributed by atoms with Crippen LogP contribution in [0.2, 0.25) is 0 Å². The minimum Gasteiger partial charge on any atom is -0.370 e. The van der Waals surface area contributed by atoms with Crippen molar-refractivity contribution in [3.8, 4) is 0 Å². The summed E-state index contributed by atoms with van der Waals surface area (Å²) in [4.78, 5) is 7.88. The molecular weight excluding hydrogens is 166 g/mol. The Hall–Kier alpha value is -1.26. The van der Waals surface area contributed by atoms with Crippen molar-refractivity contribution in [2.75, 3.05) is 0 Å². The van der Waals surface area contributed by atoms with E-state index in [9.17, 15) is 0 Å². The zero-order chi connectivity index (χ0) is 9.84. The minimum absolute atomic E-state index is 0.0349. The van der Waals surface area contributed by atoms with E-state index in [4.69, 9.17) is 17.2 Å². The van der Waals surface area contributed by atoms with Gasteiger partial charge >= 0.3 is 0 Å². The second kappa shape index (κ2) is 4.11. The van der Waals surface area contributed by atoms with Crippen LogP contribution in [-0.4, -0.2) is 18.0 Å². The molecule has 2 atom stereocenters. The Labute approximate surface area is 78.1 Å². The summed E-state index contributed by atoms with van der Waals surface area (Å²) in [6.07, 6.45) is 3.38. The second-order valence-electron chi connectivity index (χ2n) is 3.60. The van der Waals surface area contributed by atoms with Crippen LogP contribution in [0, 0.1) is 5.92 Å². The van der Waals surface area contributed by atoms with Gasteiger partial charge in [0.05, 0.1) is 6.04 Å². The van der Waals surface area contributed by atoms with Crippen molar-refractivity contribution in [3.05, 3.63) is 0 Å². The smallest absolute Gasteiger partial charge is 0.218 e. The molecule has 0 aromatic rings. The molecule has 13 heavy (non-hydrogen) atoms. The molecule has 1 aliphatic rings. The van der Waals surface area contributed by atoms with E-state index in [0.29, 0.717) is 6.04 Å². The highest BCUT2D eigenvalue weighted by Crippen LogP contribution is 2.26. The predicted molar refractivity (Wildman–Crippen MR) is 54.2 cm³/mol. The third-order valence-corrected chi connectivity index (χ3v) is 2.23. The Balaban J connectivity index is 2.51. The molecule has 1 fully saturated rings. The van der Waals surface area contributed by atoms with Gasteiger partial charge in [0.1, 0.15) is 0 Å². The molecule has 0 saturated heterocycles. The Morgan fingerprint density at radius 1 is 1.23 bits per heavy atom. The van der Waals surface area contributed by atoms with E-state index in [0.717, 1.165) is 18.8 Å². The fourth-order valence-electron chi connectivity index (χ4n) is 1.64. The lowest BCUT2D eigenvalue weighted by Crippen LogP contribution is -2.27. The molecule has 5 nitrogen and oxygen atoms in total. The van der Waals surface area contributed by atoms with Gasteiger partial charge < -0.3 is 17.2 Å². The standard InChI is InChI=1S/C8H17N5/c1-5-2-3-6(4-5)12-8(11)13-7(9)10/h5-6H,2-4H2,1H3,(H6,9,10,11,12,13). The van der Waals surface area contributed by atoms with Gasteiger partial charge in [0, 0.05) is 0 Å². The van der Waals surface area contributed by atoms with Gasteiger partial charge in [-0.2, -0.15) is 4.99 Å². The third kappa shape index (κ3) is 3.31. The summed E-state index contributed by atoms with van der Waals surface area (Å²) >= 11 is 0. The van der Waals surface area contributed by atoms with Gasteiger partial charge in [0.2, 0.25) is 5.96 Å². The summed E-state index contributed by atoms with van der Waals surface area (Å²) < 4.78 is 0. The van der Waals surface area contributed by atoms with Crippen LogP contribution in [0.15, 0.2) is 9.98 Å². The first-order valence-corrected chi connectivity index (χ1v) is 4.51. The summed E-state index contributed by atoms with van der Waals surface area (Å²) in [5.74, 6) is 0.896. The molecule has 6 N–H and O–H groups in total. The first-order valence-electron chi connectivity index (χ1n) is 4.51. The summed E-state index contributed by atoms with van der Waals surface area (Å²) in [6.45, 7) is 2.21. The van der Waals surface area contributed by atoms with Gasteiger partial charge in [0.25, 0.3) is 0 Å². The molecule has 0 aromatic carbocycles. The predicted octanol–water partition coefficient (Wildman–Crippen LogP) is -0.237. The molecule has 74 valence electrons. The van der Waals surface area contributed by atoms with Crippen LogP contribution in [0.5, 0.6) is 0 Å². The maximum Gasteiger partial charge on any atom is 0.218 e. The van der Waals surface area contributed by atoms with Crippen molar-refractivity contribution in [2.24, 2.45) is 33.1 Å². The molecule has 0 aromatic heterocycles. The number of aliphatic imine (C=N–C) groups is 2. The quantitative estimate of drug-likeness (QED) is 0.386. The fourth-order valence-corrected chi connectivity index (χ4v) is 1.64. The van der Waals surface area contributed by atoms with Gasteiger partial charge in [-0.25, -0.2) is 4.99 Å². The monoisotopic (exact) mass is 183 g/mol. The van der Waals surface area contributed by atoms with E-state index < -0.39 is 0 Å². The van der Waals surface area contributed by atoms with Gasteiger partial charge in [0.15, 0.2) is 5.96 Å². The summed E-state index contributed by atoms with van der Waals surface area (Å²) in [7, 11) is 0. The molecule has 0 spiro atoms. The lowest BCUT2D eigenvalue weighted by Gasteiger charge is -2.02. The van der Waals surface area contributed by atoms with E-state index in [1.54, 1.807) is 0 Å². The number of guanidine groups is 2. The van der Waals surface area contributed by atoms with Crippen LogP contribution >= 0.6 is 0 Å². The largest absolute Gasteiger partial charge is 0.370 e. The number of nitrogens with two attached hydrogens (primary N) is 3. The lowest BCUT2D eigenvalue weighted by atomic mass is 10.1. The SMILES string of the molecule is CC1CCC(N=C(N)N=C(N)N)C1. The average molecular weight is 183 g/mol. The van der Waals surface area contributed by atoms with E-state index in [2.05, 4.69) is 16.9 Å². The Morgan fingerprint density at radius 3 is 2.38 bits per heavy atom. The topological polar surface area (TPSA) is 103 Å². The zero-order valence-electron chi connectivity index (χ0n) is 7.90. The molecule has 5 heteroatoms. The number of nitrogens with zero attached hydrogens (tertiary/aromatic N) is 2. The van der Waals surface area contributed by atoms with E-state index in [1.165, 1.54) is 6.42 Å². The van der Waals surface area contributed by atoms with Crippen LogP contribution in [0.3, 0.4) is 0 Å². The molecule has 0 radical (unpaired) electrons.